The van der Waals surface area contributed by atoms with Gasteiger partial charge >= 0.3 is 6.18 Å². The lowest BCUT2D eigenvalue weighted by molar-refractivity contribution is -0.137. The van der Waals surface area contributed by atoms with Crippen molar-refractivity contribution in [3.63, 3.8) is 0 Å². The Morgan fingerprint density at radius 2 is 1.63 bits per heavy atom. The van der Waals surface area contributed by atoms with E-state index < -0.39 is 27.2 Å². The topological polar surface area (TPSA) is 125 Å². The highest BCUT2D eigenvalue weighted by Gasteiger charge is 2.33. The lowest BCUT2D eigenvalue weighted by atomic mass is 9.83. The van der Waals surface area contributed by atoms with Crippen LogP contribution < -0.4 is 20.7 Å². The first-order valence-corrected chi connectivity index (χ1v) is 14.9. The van der Waals surface area contributed by atoms with E-state index >= 15 is 0 Å². The second kappa shape index (κ2) is 11.7. The standard InChI is InChI=1S/C30H29F3N6O3S/c1-29(2,20-9-11-21(12-10-20)30(31,32)33)27(40)37-22-13-7-19(8-14-22)25-18-35-28-38-23-5-3-6-24(17-23)43(41,42)36-16-4-15-34-26(25)39-28/h3,5-14,17-18,36H,4,15-16H2,1-2H3,(H,37,40)(H2,34,35,38,39). The molecule has 1 amide bonds. The molecule has 5 rings (SSSR count). The molecule has 0 unspecified atom stereocenters. The van der Waals surface area contributed by atoms with Crippen molar-refractivity contribution in [2.75, 3.05) is 29.0 Å². The van der Waals surface area contributed by atoms with Crippen molar-refractivity contribution < 1.29 is 26.4 Å². The van der Waals surface area contributed by atoms with Crippen molar-refractivity contribution in [1.29, 1.82) is 0 Å². The van der Waals surface area contributed by atoms with Gasteiger partial charge in [0.15, 0.2) is 0 Å². The van der Waals surface area contributed by atoms with Crippen LogP contribution in [-0.4, -0.2) is 37.4 Å². The fraction of sp³-hybridized carbons (Fsp3) is 0.233. The molecule has 13 heteroatoms. The number of amides is 1. The number of anilines is 4. The molecule has 224 valence electrons. The first-order valence-electron chi connectivity index (χ1n) is 13.4. The van der Waals surface area contributed by atoms with Crippen LogP contribution in [0.3, 0.4) is 0 Å². The summed E-state index contributed by atoms with van der Waals surface area (Å²) in [6.45, 7) is 3.97. The normalized spacial score (nSPS) is 15.1. The molecule has 1 aliphatic heterocycles. The zero-order chi connectivity index (χ0) is 30.8. The lowest BCUT2D eigenvalue weighted by Crippen LogP contribution is -2.34. The number of benzene rings is 3. The van der Waals surface area contributed by atoms with Crippen LogP contribution in [0.2, 0.25) is 0 Å². The quantitative estimate of drug-likeness (QED) is 0.226. The number of nitrogens with one attached hydrogen (secondary N) is 4. The van der Waals surface area contributed by atoms with Crippen LogP contribution in [0.1, 0.15) is 31.4 Å². The van der Waals surface area contributed by atoms with Gasteiger partial charge in [-0.25, -0.2) is 18.1 Å². The van der Waals surface area contributed by atoms with Gasteiger partial charge in [0.2, 0.25) is 21.9 Å². The van der Waals surface area contributed by atoms with E-state index in [1.54, 1.807) is 56.4 Å². The van der Waals surface area contributed by atoms with Crippen molar-refractivity contribution in [3.8, 4) is 11.1 Å². The molecule has 0 atom stereocenters. The summed E-state index contributed by atoms with van der Waals surface area (Å²) in [5.41, 5.74) is 1.06. The highest BCUT2D eigenvalue weighted by molar-refractivity contribution is 7.89. The fourth-order valence-electron chi connectivity index (χ4n) is 4.47. The Bertz CT molecular complexity index is 1740. The number of alkyl halides is 3. The molecule has 1 aliphatic rings. The van der Waals surface area contributed by atoms with E-state index in [9.17, 15) is 26.4 Å². The minimum atomic E-state index is -4.45. The van der Waals surface area contributed by atoms with Crippen molar-refractivity contribution >= 4 is 39.1 Å². The monoisotopic (exact) mass is 610 g/mol. The number of rotatable bonds is 4. The molecule has 0 aliphatic carbocycles. The molecule has 0 saturated heterocycles. The van der Waals surface area contributed by atoms with E-state index in [2.05, 4.69) is 30.6 Å². The number of aromatic nitrogens is 2. The summed E-state index contributed by atoms with van der Waals surface area (Å²) in [6, 6.07) is 18.0. The number of hydrogen-bond donors (Lipinski definition) is 4. The first-order chi connectivity index (χ1) is 20.3. The number of hydrogen-bond acceptors (Lipinski definition) is 7. The second-order valence-electron chi connectivity index (χ2n) is 10.5. The summed E-state index contributed by atoms with van der Waals surface area (Å²) < 4.78 is 66.7. The van der Waals surface area contributed by atoms with Crippen LogP contribution in [0.5, 0.6) is 0 Å². The van der Waals surface area contributed by atoms with Gasteiger partial charge in [0.05, 0.1) is 15.9 Å². The molecule has 0 fully saturated rings. The van der Waals surface area contributed by atoms with Crippen LogP contribution in [-0.2, 0) is 26.4 Å². The predicted octanol–water partition coefficient (Wildman–Crippen LogP) is 5.92. The van der Waals surface area contributed by atoms with Crippen LogP contribution in [0.15, 0.2) is 83.9 Å². The van der Waals surface area contributed by atoms with Gasteiger partial charge in [-0.3, -0.25) is 4.79 Å². The lowest BCUT2D eigenvalue weighted by Gasteiger charge is -2.24. The minimum absolute atomic E-state index is 0.136. The van der Waals surface area contributed by atoms with E-state index in [0.29, 0.717) is 41.3 Å². The average Bonchev–Trinajstić information content (AvgIpc) is 2.97. The van der Waals surface area contributed by atoms with Crippen molar-refractivity contribution in [2.45, 2.75) is 36.8 Å². The number of carbonyl (C=O) groups excluding carboxylic acids is 1. The third-order valence-electron chi connectivity index (χ3n) is 7.08. The van der Waals surface area contributed by atoms with E-state index in [-0.39, 0.29) is 23.3 Å². The van der Waals surface area contributed by atoms with Gasteiger partial charge in [0.25, 0.3) is 0 Å². The van der Waals surface area contributed by atoms with Crippen LogP contribution in [0.4, 0.5) is 36.3 Å². The Labute approximate surface area is 247 Å². The van der Waals surface area contributed by atoms with Crippen molar-refractivity contribution in [1.82, 2.24) is 14.7 Å². The average molecular weight is 611 g/mol. The molecule has 0 radical (unpaired) electrons. The van der Waals surface area contributed by atoms with Crippen LogP contribution in [0.25, 0.3) is 11.1 Å². The number of sulfonamides is 1. The Morgan fingerprint density at radius 3 is 2.33 bits per heavy atom. The van der Waals surface area contributed by atoms with Gasteiger partial charge in [0.1, 0.15) is 5.82 Å². The molecular weight excluding hydrogens is 581 g/mol. The number of nitrogens with zero attached hydrogens (tertiary/aromatic N) is 2. The Balaban J connectivity index is 1.34. The van der Waals surface area contributed by atoms with Gasteiger partial charge in [-0.2, -0.15) is 18.2 Å². The summed E-state index contributed by atoms with van der Waals surface area (Å²) in [6.07, 6.45) is -2.30. The molecule has 2 heterocycles. The molecule has 1 aromatic heterocycles. The third-order valence-corrected chi connectivity index (χ3v) is 8.54. The first kappa shape index (κ1) is 30.0. The zero-order valence-corrected chi connectivity index (χ0v) is 24.1. The number of carbonyl (C=O) groups is 1. The van der Waals surface area contributed by atoms with E-state index in [1.165, 1.54) is 24.3 Å². The number of fused-ring (bicyclic) bond motifs is 4. The molecule has 0 saturated carbocycles. The maximum Gasteiger partial charge on any atom is 0.416 e. The summed E-state index contributed by atoms with van der Waals surface area (Å²) in [5.74, 6) is 0.441. The third kappa shape index (κ3) is 6.78. The van der Waals surface area contributed by atoms with Gasteiger partial charge in [-0.1, -0.05) is 30.3 Å². The molecule has 4 N–H and O–H groups in total. The van der Waals surface area contributed by atoms with Crippen LogP contribution >= 0.6 is 0 Å². The second-order valence-corrected chi connectivity index (χ2v) is 12.3. The van der Waals surface area contributed by atoms with Gasteiger partial charge in [0, 0.05) is 36.2 Å². The van der Waals surface area contributed by atoms with Crippen molar-refractivity contribution in [3.05, 3.63) is 90.1 Å². The molecule has 0 spiro atoms. The van der Waals surface area contributed by atoms with E-state index in [1.807, 2.05) is 0 Å². The molecule has 9 nitrogen and oxygen atoms in total. The van der Waals surface area contributed by atoms with E-state index in [0.717, 1.165) is 17.7 Å². The summed E-state index contributed by atoms with van der Waals surface area (Å²) >= 11 is 0. The Morgan fingerprint density at radius 1 is 0.930 bits per heavy atom. The zero-order valence-electron chi connectivity index (χ0n) is 23.3. The predicted molar refractivity (Wildman–Crippen MR) is 159 cm³/mol. The van der Waals surface area contributed by atoms with Gasteiger partial charge in [-0.05, 0) is 73.9 Å². The maximum atomic E-state index is 13.1. The maximum absolute atomic E-state index is 13.1. The molecule has 3 aromatic carbocycles. The van der Waals surface area contributed by atoms with Crippen molar-refractivity contribution in [2.24, 2.45) is 0 Å². The highest BCUT2D eigenvalue weighted by atomic mass is 32.2. The molecule has 4 bridgehead atoms. The summed E-state index contributed by atoms with van der Waals surface area (Å²) in [5, 5.41) is 9.15. The summed E-state index contributed by atoms with van der Waals surface area (Å²) in [4.78, 5) is 22.3. The van der Waals surface area contributed by atoms with Gasteiger partial charge in [-0.15, -0.1) is 0 Å². The Hall–Kier alpha value is -4.49. The van der Waals surface area contributed by atoms with Crippen LogP contribution in [0, 0.1) is 0 Å². The largest absolute Gasteiger partial charge is 0.416 e. The summed E-state index contributed by atoms with van der Waals surface area (Å²) in [7, 11) is -3.66. The Kier molecular flexibility index (Phi) is 8.12. The molecule has 4 aromatic rings. The smallest absolute Gasteiger partial charge is 0.369 e. The van der Waals surface area contributed by atoms with E-state index in [4.69, 9.17) is 0 Å². The number of halogens is 3. The van der Waals surface area contributed by atoms with Gasteiger partial charge < -0.3 is 16.0 Å². The molecular formula is C30H29F3N6O3S. The minimum Gasteiger partial charge on any atom is -0.369 e. The fourth-order valence-corrected chi connectivity index (χ4v) is 5.59. The molecule has 43 heavy (non-hydrogen) atoms. The SMILES string of the molecule is CC(C)(C(=O)Nc1ccc(-c2cnc3nc2NCCCNS(=O)(=O)c2cccc(c2)N3)cc1)c1ccc(C(F)(F)F)cc1. The highest BCUT2D eigenvalue weighted by Crippen LogP contribution is 2.33.